The number of carbonyl (C=O) groups is 3. The normalized spacial score (nSPS) is 14.5. The molecule has 1 aliphatic heterocycles. The van der Waals surface area contributed by atoms with Gasteiger partial charge in [0.2, 0.25) is 0 Å². The number of aliphatic carboxylic acids is 1. The van der Waals surface area contributed by atoms with Crippen molar-refractivity contribution in [3.63, 3.8) is 0 Å². The van der Waals surface area contributed by atoms with E-state index in [1.807, 2.05) is 6.07 Å². The van der Waals surface area contributed by atoms with Crippen molar-refractivity contribution in [3.05, 3.63) is 17.0 Å². The lowest BCUT2D eigenvalue weighted by atomic mass is 10.3. The molecule has 0 spiro atoms. The molecule has 1 saturated heterocycles. The lowest BCUT2D eigenvalue weighted by molar-refractivity contribution is -0.136. The van der Waals surface area contributed by atoms with Crippen LogP contribution in [-0.2, 0) is 9.53 Å². The number of hydrogen-bond acceptors (Lipinski definition) is 6. The van der Waals surface area contributed by atoms with Crippen LogP contribution in [0.4, 0.5) is 9.80 Å². The Morgan fingerprint density at radius 2 is 1.96 bits per heavy atom. The number of amides is 2. The lowest BCUT2D eigenvalue weighted by Gasteiger charge is -2.35. The van der Waals surface area contributed by atoms with Crippen LogP contribution in [0.15, 0.2) is 12.1 Å². The van der Waals surface area contributed by atoms with Gasteiger partial charge < -0.3 is 25.0 Å². The molecule has 126 valence electrons. The molecule has 0 bridgehead atoms. The summed E-state index contributed by atoms with van der Waals surface area (Å²) in [4.78, 5) is 38.1. The quantitative estimate of drug-likeness (QED) is 0.770. The second-order valence-electron chi connectivity index (χ2n) is 4.98. The van der Waals surface area contributed by atoms with E-state index >= 15 is 0 Å². The minimum Gasteiger partial charge on any atom is -0.481 e. The number of carbonyl (C=O) groups excluding carboxylic acids is 2. The third kappa shape index (κ3) is 4.59. The van der Waals surface area contributed by atoms with Gasteiger partial charge in [-0.1, -0.05) is 0 Å². The van der Waals surface area contributed by atoms with Crippen molar-refractivity contribution in [1.29, 1.82) is 0 Å². The molecule has 0 radical (unpaired) electrons. The highest BCUT2D eigenvalue weighted by Gasteiger charge is 2.22. The average molecular weight is 341 g/mol. The summed E-state index contributed by atoms with van der Waals surface area (Å²) in [5.41, 5.74) is 0. The van der Waals surface area contributed by atoms with Gasteiger partial charge in [0.25, 0.3) is 0 Å². The fourth-order valence-corrected chi connectivity index (χ4v) is 3.20. The highest BCUT2D eigenvalue weighted by Crippen LogP contribution is 2.27. The Kier molecular flexibility index (Phi) is 5.80. The number of methoxy groups -OCH3 is 1. The third-order valence-corrected chi connectivity index (χ3v) is 4.60. The number of nitrogens with one attached hydrogen (secondary N) is 1. The topological polar surface area (TPSA) is 99.2 Å². The molecule has 23 heavy (non-hydrogen) atoms. The first-order valence-corrected chi connectivity index (χ1v) is 8.00. The Bertz CT molecular complexity index is 581. The Balaban J connectivity index is 1.81. The molecule has 0 atom stereocenters. The molecule has 9 heteroatoms. The summed E-state index contributed by atoms with van der Waals surface area (Å²) in [5.74, 6) is -1.29. The van der Waals surface area contributed by atoms with E-state index in [1.54, 1.807) is 11.0 Å². The minimum absolute atomic E-state index is 0.0861. The van der Waals surface area contributed by atoms with Crippen molar-refractivity contribution in [3.8, 4) is 0 Å². The summed E-state index contributed by atoms with van der Waals surface area (Å²) in [6.45, 7) is 2.54. The van der Waals surface area contributed by atoms with E-state index in [0.29, 0.717) is 31.1 Å². The summed E-state index contributed by atoms with van der Waals surface area (Å²) in [7, 11) is 1.35. The predicted octanol–water partition coefficient (Wildman–Crippen LogP) is 0.841. The molecule has 2 N–H and O–H groups in total. The highest BCUT2D eigenvalue weighted by molar-refractivity contribution is 7.17. The van der Waals surface area contributed by atoms with E-state index in [0.717, 1.165) is 5.00 Å². The summed E-state index contributed by atoms with van der Waals surface area (Å²) in [5, 5.41) is 12.1. The molecule has 0 aromatic carbocycles. The van der Waals surface area contributed by atoms with Gasteiger partial charge in [-0.3, -0.25) is 4.79 Å². The van der Waals surface area contributed by atoms with Crippen molar-refractivity contribution >= 4 is 34.3 Å². The maximum Gasteiger partial charge on any atom is 0.348 e. The number of ether oxygens (including phenoxy) is 1. The highest BCUT2D eigenvalue weighted by atomic mass is 32.1. The molecule has 2 amide bonds. The Hall–Kier alpha value is -2.29. The van der Waals surface area contributed by atoms with E-state index in [2.05, 4.69) is 15.0 Å². The van der Waals surface area contributed by atoms with Gasteiger partial charge in [-0.2, -0.15) is 0 Å². The van der Waals surface area contributed by atoms with Crippen LogP contribution in [0.5, 0.6) is 0 Å². The number of piperazine rings is 1. The molecule has 0 saturated carbocycles. The number of esters is 1. The number of urea groups is 1. The maximum absolute atomic E-state index is 11.9. The van der Waals surface area contributed by atoms with Crippen LogP contribution in [0.2, 0.25) is 0 Å². The van der Waals surface area contributed by atoms with Crippen LogP contribution in [0, 0.1) is 0 Å². The third-order valence-electron chi connectivity index (χ3n) is 3.47. The smallest absolute Gasteiger partial charge is 0.348 e. The fourth-order valence-electron chi connectivity index (χ4n) is 2.23. The van der Waals surface area contributed by atoms with Crippen LogP contribution in [-0.4, -0.2) is 67.8 Å². The average Bonchev–Trinajstić information content (AvgIpc) is 3.03. The van der Waals surface area contributed by atoms with Crippen molar-refractivity contribution in [2.24, 2.45) is 0 Å². The monoisotopic (exact) mass is 341 g/mol. The second-order valence-corrected chi connectivity index (χ2v) is 6.04. The molecule has 1 aromatic rings. The van der Waals surface area contributed by atoms with Crippen molar-refractivity contribution < 1.29 is 24.2 Å². The lowest BCUT2D eigenvalue weighted by Crippen LogP contribution is -2.52. The summed E-state index contributed by atoms with van der Waals surface area (Å²) >= 11 is 1.37. The molecule has 8 nitrogen and oxygen atoms in total. The number of carboxylic acid groups (broad SMARTS) is 1. The molecule has 1 fully saturated rings. The summed E-state index contributed by atoms with van der Waals surface area (Å²) in [6.07, 6.45) is -0.0861. The Labute approximate surface area is 137 Å². The number of nitrogens with zero attached hydrogens (tertiary/aromatic N) is 2. The number of hydrogen-bond donors (Lipinski definition) is 2. The first-order valence-electron chi connectivity index (χ1n) is 7.19. The summed E-state index contributed by atoms with van der Waals surface area (Å²) < 4.78 is 4.69. The van der Waals surface area contributed by atoms with Gasteiger partial charge >= 0.3 is 18.0 Å². The van der Waals surface area contributed by atoms with Gasteiger partial charge in [-0.25, -0.2) is 9.59 Å². The standard InChI is InChI=1S/C14H19N3O5S/c1-22-13(20)10-2-3-11(23-10)16-6-8-17(9-7-16)14(21)15-5-4-12(18)19/h2-3H,4-9H2,1H3,(H,15,21)(H,18,19). The van der Waals surface area contributed by atoms with Crippen LogP contribution in [0.3, 0.4) is 0 Å². The van der Waals surface area contributed by atoms with E-state index in [9.17, 15) is 14.4 Å². The van der Waals surface area contributed by atoms with Crippen molar-refractivity contribution in [2.45, 2.75) is 6.42 Å². The van der Waals surface area contributed by atoms with Crippen LogP contribution < -0.4 is 10.2 Å². The predicted molar refractivity (Wildman–Crippen MR) is 85.1 cm³/mol. The molecular formula is C14H19N3O5S. The van der Waals surface area contributed by atoms with Gasteiger partial charge in [-0.05, 0) is 12.1 Å². The largest absolute Gasteiger partial charge is 0.481 e. The molecule has 1 aromatic heterocycles. The zero-order chi connectivity index (χ0) is 16.8. The first-order chi connectivity index (χ1) is 11.0. The van der Waals surface area contributed by atoms with Crippen molar-refractivity contribution in [1.82, 2.24) is 10.2 Å². The van der Waals surface area contributed by atoms with Crippen molar-refractivity contribution in [2.75, 3.05) is 44.7 Å². The van der Waals surface area contributed by atoms with E-state index in [-0.39, 0.29) is 25.0 Å². The molecule has 2 rings (SSSR count). The Morgan fingerprint density at radius 3 is 2.57 bits per heavy atom. The number of thiophene rings is 1. The zero-order valence-corrected chi connectivity index (χ0v) is 13.6. The van der Waals surface area contributed by atoms with Crippen LogP contribution in [0.25, 0.3) is 0 Å². The zero-order valence-electron chi connectivity index (χ0n) is 12.8. The first kappa shape index (κ1) is 17.1. The van der Waals surface area contributed by atoms with Gasteiger partial charge in [-0.15, -0.1) is 11.3 Å². The van der Waals surface area contributed by atoms with Crippen LogP contribution in [0.1, 0.15) is 16.1 Å². The molecule has 2 heterocycles. The van der Waals surface area contributed by atoms with E-state index in [1.165, 1.54) is 18.4 Å². The number of anilines is 1. The van der Waals surface area contributed by atoms with Gasteiger partial charge in [0.15, 0.2) is 0 Å². The number of rotatable bonds is 5. The van der Waals surface area contributed by atoms with Crippen LogP contribution >= 0.6 is 11.3 Å². The molecular weight excluding hydrogens is 322 g/mol. The van der Waals surface area contributed by atoms with Gasteiger partial charge in [0.1, 0.15) is 4.88 Å². The van der Waals surface area contributed by atoms with E-state index < -0.39 is 5.97 Å². The van der Waals surface area contributed by atoms with Gasteiger partial charge in [0.05, 0.1) is 18.5 Å². The molecule has 1 aliphatic rings. The SMILES string of the molecule is COC(=O)c1ccc(N2CCN(C(=O)NCCC(=O)O)CC2)s1. The van der Waals surface area contributed by atoms with Gasteiger partial charge in [0, 0.05) is 32.7 Å². The Morgan fingerprint density at radius 1 is 1.26 bits per heavy atom. The second kappa shape index (κ2) is 7.82. The molecule has 0 aliphatic carbocycles. The maximum atomic E-state index is 11.9. The fraction of sp³-hybridized carbons (Fsp3) is 0.500. The summed E-state index contributed by atoms with van der Waals surface area (Å²) in [6, 6.07) is 3.36. The number of carboxylic acids is 1. The van der Waals surface area contributed by atoms with E-state index in [4.69, 9.17) is 5.11 Å². The minimum atomic E-state index is -0.936. The molecule has 0 unspecified atom stereocenters.